The quantitative estimate of drug-likeness (QED) is 0.563. The lowest BCUT2D eigenvalue weighted by molar-refractivity contribution is 0.0600. The van der Waals surface area contributed by atoms with Gasteiger partial charge in [0, 0.05) is 24.6 Å². The molecule has 1 heterocycles. The van der Waals surface area contributed by atoms with E-state index in [4.69, 9.17) is 0 Å². The zero-order valence-electron chi connectivity index (χ0n) is 15.9. The molecule has 0 spiro atoms. The minimum absolute atomic E-state index is 0.176. The standard InChI is InChI=1S/C21H24N4O3/c1-28-20(27)16-7-9-18(10-8-16)25-21-23-13-17(14-24-21)19(26)22-12-11-15-5-3-2-4-6-15/h5,7-10,13-14H,2-4,6,11-12H2,1H3,(H,22,26)(H,23,24,25). The van der Waals surface area contributed by atoms with Crippen molar-refractivity contribution in [2.75, 3.05) is 19.0 Å². The molecule has 0 saturated heterocycles. The predicted octanol–water partition coefficient (Wildman–Crippen LogP) is 3.63. The minimum atomic E-state index is -0.391. The lowest BCUT2D eigenvalue weighted by Crippen LogP contribution is -2.25. The third-order valence-electron chi connectivity index (χ3n) is 4.59. The van der Waals surface area contributed by atoms with Gasteiger partial charge in [-0.05, 0) is 56.4 Å². The molecule has 1 aliphatic carbocycles. The summed E-state index contributed by atoms with van der Waals surface area (Å²) >= 11 is 0. The second-order valence-corrected chi connectivity index (χ2v) is 6.60. The van der Waals surface area contributed by atoms with E-state index in [2.05, 4.69) is 31.4 Å². The average molecular weight is 380 g/mol. The molecular weight excluding hydrogens is 356 g/mol. The smallest absolute Gasteiger partial charge is 0.337 e. The molecule has 1 aliphatic rings. The van der Waals surface area contributed by atoms with Crippen LogP contribution < -0.4 is 10.6 Å². The van der Waals surface area contributed by atoms with Crippen molar-refractivity contribution in [2.24, 2.45) is 0 Å². The maximum Gasteiger partial charge on any atom is 0.337 e. The van der Waals surface area contributed by atoms with Gasteiger partial charge < -0.3 is 15.4 Å². The third-order valence-corrected chi connectivity index (χ3v) is 4.59. The Hall–Kier alpha value is -3.22. The molecule has 0 aliphatic heterocycles. The number of ether oxygens (including phenoxy) is 1. The van der Waals surface area contributed by atoms with Crippen molar-refractivity contribution in [1.82, 2.24) is 15.3 Å². The maximum absolute atomic E-state index is 12.2. The Morgan fingerprint density at radius 3 is 2.46 bits per heavy atom. The number of anilines is 2. The van der Waals surface area contributed by atoms with Gasteiger partial charge in [0.1, 0.15) is 0 Å². The van der Waals surface area contributed by atoms with Crippen molar-refractivity contribution >= 4 is 23.5 Å². The Bertz CT molecular complexity index is 845. The monoisotopic (exact) mass is 380 g/mol. The molecule has 3 rings (SSSR count). The van der Waals surface area contributed by atoms with Crippen LogP contribution in [0.15, 0.2) is 48.3 Å². The molecule has 0 radical (unpaired) electrons. The number of benzene rings is 1. The van der Waals surface area contributed by atoms with Crippen LogP contribution in [-0.4, -0.2) is 35.5 Å². The van der Waals surface area contributed by atoms with Gasteiger partial charge in [0.25, 0.3) is 5.91 Å². The molecule has 2 aromatic rings. The molecule has 0 bridgehead atoms. The topological polar surface area (TPSA) is 93.2 Å². The van der Waals surface area contributed by atoms with E-state index in [0.29, 0.717) is 23.6 Å². The summed E-state index contributed by atoms with van der Waals surface area (Å²) in [6, 6.07) is 6.77. The maximum atomic E-state index is 12.2. The number of aromatic nitrogens is 2. The van der Waals surface area contributed by atoms with Crippen LogP contribution in [-0.2, 0) is 4.74 Å². The van der Waals surface area contributed by atoms with Crippen LogP contribution in [0, 0.1) is 0 Å². The number of allylic oxidation sites excluding steroid dienone is 1. The Morgan fingerprint density at radius 2 is 1.82 bits per heavy atom. The fourth-order valence-electron chi connectivity index (χ4n) is 3.02. The average Bonchev–Trinajstić information content (AvgIpc) is 2.75. The first-order valence-electron chi connectivity index (χ1n) is 9.39. The highest BCUT2D eigenvalue weighted by atomic mass is 16.5. The van der Waals surface area contributed by atoms with E-state index in [1.807, 2.05) is 0 Å². The molecule has 0 atom stereocenters. The van der Waals surface area contributed by atoms with Crippen molar-refractivity contribution in [3.63, 3.8) is 0 Å². The number of amides is 1. The van der Waals surface area contributed by atoms with E-state index >= 15 is 0 Å². The van der Waals surface area contributed by atoms with Crippen molar-refractivity contribution in [3.05, 3.63) is 59.4 Å². The highest BCUT2D eigenvalue weighted by Crippen LogP contribution is 2.19. The van der Waals surface area contributed by atoms with E-state index in [1.54, 1.807) is 24.3 Å². The van der Waals surface area contributed by atoms with Gasteiger partial charge in [-0.25, -0.2) is 14.8 Å². The second kappa shape index (κ2) is 9.64. The summed E-state index contributed by atoms with van der Waals surface area (Å²) in [5, 5.41) is 5.94. The summed E-state index contributed by atoms with van der Waals surface area (Å²) in [7, 11) is 1.34. The fourth-order valence-corrected chi connectivity index (χ4v) is 3.02. The van der Waals surface area contributed by atoms with Gasteiger partial charge in [0.15, 0.2) is 0 Å². The number of nitrogens with one attached hydrogen (secondary N) is 2. The van der Waals surface area contributed by atoms with Gasteiger partial charge in [0.2, 0.25) is 5.95 Å². The summed E-state index contributed by atoms with van der Waals surface area (Å²) < 4.78 is 4.67. The van der Waals surface area contributed by atoms with Crippen molar-refractivity contribution in [3.8, 4) is 0 Å². The fraction of sp³-hybridized carbons (Fsp3) is 0.333. The van der Waals surface area contributed by atoms with Crippen molar-refractivity contribution in [2.45, 2.75) is 32.1 Å². The van der Waals surface area contributed by atoms with Crippen LogP contribution in [0.2, 0.25) is 0 Å². The zero-order valence-corrected chi connectivity index (χ0v) is 15.9. The van der Waals surface area contributed by atoms with Crippen molar-refractivity contribution in [1.29, 1.82) is 0 Å². The summed E-state index contributed by atoms with van der Waals surface area (Å²) in [5.74, 6) is -0.196. The van der Waals surface area contributed by atoms with Gasteiger partial charge in [-0.15, -0.1) is 0 Å². The SMILES string of the molecule is COC(=O)c1ccc(Nc2ncc(C(=O)NCCC3=CCCCC3)cn2)cc1. The van der Waals surface area contributed by atoms with E-state index < -0.39 is 5.97 Å². The number of hydrogen-bond acceptors (Lipinski definition) is 6. The van der Waals surface area contributed by atoms with Gasteiger partial charge in [-0.3, -0.25) is 4.79 Å². The number of esters is 1. The molecule has 1 aromatic carbocycles. The van der Waals surface area contributed by atoms with E-state index in [0.717, 1.165) is 24.9 Å². The van der Waals surface area contributed by atoms with Gasteiger partial charge >= 0.3 is 5.97 Å². The molecule has 28 heavy (non-hydrogen) atoms. The summed E-state index contributed by atoms with van der Waals surface area (Å²) in [6.07, 6.45) is 11.0. The van der Waals surface area contributed by atoms with Gasteiger partial charge in [-0.2, -0.15) is 0 Å². The Kier molecular flexibility index (Phi) is 6.73. The minimum Gasteiger partial charge on any atom is -0.465 e. The molecule has 0 unspecified atom stereocenters. The Labute approximate surface area is 164 Å². The molecule has 0 saturated carbocycles. The van der Waals surface area contributed by atoms with Crippen LogP contribution >= 0.6 is 0 Å². The molecule has 0 fully saturated rings. The number of rotatable bonds is 7. The first-order valence-corrected chi connectivity index (χ1v) is 9.39. The highest BCUT2D eigenvalue weighted by molar-refractivity contribution is 5.93. The number of carbonyl (C=O) groups is 2. The van der Waals surface area contributed by atoms with Gasteiger partial charge in [-0.1, -0.05) is 11.6 Å². The summed E-state index contributed by atoms with van der Waals surface area (Å²) in [5.41, 5.74) is 3.04. The first kappa shape index (κ1) is 19.5. The van der Waals surface area contributed by atoms with E-state index in [-0.39, 0.29) is 5.91 Å². The van der Waals surface area contributed by atoms with Crippen molar-refractivity contribution < 1.29 is 14.3 Å². The number of carbonyl (C=O) groups excluding carboxylic acids is 2. The predicted molar refractivity (Wildman–Crippen MR) is 107 cm³/mol. The molecule has 2 N–H and O–H groups in total. The lowest BCUT2D eigenvalue weighted by Gasteiger charge is -2.13. The van der Waals surface area contributed by atoms with Crippen LogP contribution in [0.5, 0.6) is 0 Å². The molecule has 1 amide bonds. The molecule has 7 heteroatoms. The highest BCUT2D eigenvalue weighted by Gasteiger charge is 2.09. The number of nitrogens with zero attached hydrogens (tertiary/aromatic N) is 2. The van der Waals surface area contributed by atoms with E-state index in [1.165, 1.54) is 37.9 Å². The van der Waals surface area contributed by atoms with Crippen LogP contribution in [0.25, 0.3) is 0 Å². The molecule has 146 valence electrons. The molecular formula is C21H24N4O3. The largest absolute Gasteiger partial charge is 0.465 e. The van der Waals surface area contributed by atoms with Crippen LogP contribution in [0.1, 0.15) is 52.8 Å². The summed E-state index contributed by atoms with van der Waals surface area (Å²) in [4.78, 5) is 32.0. The number of methoxy groups -OCH3 is 1. The Balaban J connectivity index is 1.50. The third kappa shape index (κ3) is 5.39. The lowest BCUT2D eigenvalue weighted by atomic mass is 9.97. The van der Waals surface area contributed by atoms with E-state index in [9.17, 15) is 9.59 Å². The van der Waals surface area contributed by atoms with Crippen LogP contribution in [0.4, 0.5) is 11.6 Å². The normalized spacial score (nSPS) is 13.4. The second-order valence-electron chi connectivity index (χ2n) is 6.60. The first-order chi connectivity index (χ1) is 13.7. The van der Waals surface area contributed by atoms with Gasteiger partial charge in [0.05, 0.1) is 18.2 Å². The molecule has 1 aromatic heterocycles. The molecule has 7 nitrogen and oxygen atoms in total. The number of hydrogen-bond donors (Lipinski definition) is 2. The van der Waals surface area contributed by atoms with Crippen LogP contribution in [0.3, 0.4) is 0 Å². The Morgan fingerprint density at radius 1 is 1.07 bits per heavy atom. The summed E-state index contributed by atoms with van der Waals surface area (Å²) in [6.45, 7) is 0.622. The zero-order chi connectivity index (χ0) is 19.8.